The van der Waals surface area contributed by atoms with E-state index < -0.39 is 54.8 Å². The molecule has 4 N–H and O–H groups in total. The van der Waals surface area contributed by atoms with Gasteiger partial charge in [-0.1, -0.05) is 0 Å². The van der Waals surface area contributed by atoms with Gasteiger partial charge in [0.25, 0.3) is 0 Å². The summed E-state index contributed by atoms with van der Waals surface area (Å²) in [5.41, 5.74) is 0. The van der Waals surface area contributed by atoms with Crippen molar-refractivity contribution in [3.8, 4) is 0 Å². The minimum absolute atomic E-state index is 0.482. The molecular weight excluding hydrogens is 264 g/mol. The third-order valence-corrected chi connectivity index (χ3v) is 2.26. The summed E-state index contributed by atoms with van der Waals surface area (Å²) in [7, 11) is 0. The molecule has 0 amide bonds. The summed E-state index contributed by atoms with van der Waals surface area (Å²) in [4.78, 5) is 42.8. The Balaban J connectivity index is 4.58. The van der Waals surface area contributed by atoms with Gasteiger partial charge in [-0.05, 0) is 6.92 Å². The van der Waals surface area contributed by atoms with Crippen LogP contribution in [-0.4, -0.2) is 56.5 Å². The summed E-state index contributed by atoms with van der Waals surface area (Å²) in [6.45, 7) is 1.04. The van der Waals surface area contributed by atoms with E-state index in [-0.39, 0.29) is 0 Å². The average molecular weight is 278 g/mol. The quantitative estimate of drug-likeness (QED) is 0.405. The fourth-order valence-electron chi connectivity index (χ4n) is 1.04. The highest BCUT2D eigenvalue weighted by Gasteiger charge is 2.33. The molecule has 0 bridgehead atoms. The van der Waals surface area contributed by atoms with E-state index in [4.69, 9.17) is 15.3 Å². The summed E-state index contributed by atoms with van der Waals surface area (Å²) in [6.07, 6.45) is -4.80. The lowest BCUT2D eigenvalue weighted by molar-refractivity contribution is -0.175. The molecule has 0 radical (unpaired) electrons. The van der Waals surface area contributed by atoms with Gasteiger partial charge in [0, 0.05) is 12.8 Å². The van der Waals surface area contributed by atoms with Gasteiger partial charge in [0.05, 0.1) is 5.92 Å². The lowest BCUT2D eigenvalue weighted by atomic mass is 10.1. The van der Waals surface area contributed by atoms with Crippen molar-refractivity contribution in [3.05, 3.63) is 0 Å². The maximum atomic E-state index is 11.3. The molecule has 0 aliphatic carbocycles. The lowest BCUT2D eigenvalue weighted by Crippen LogP contribution is -2.38. The first-order valence-electron chi connectivity index (χ1n) is 5.22. The van der Waals surface area contributed by atoms with Crippen LogP contribution < -0.4 is 0 Å². The molecule has 3 unspecified atom stereocenters. The molecule has 9 heteroatoms. The fraction of sp³-hybridized carbons (Fsp3) is 0.600. The second kappa shape index (κ2) is 7.31. The van der Waals surface area contributed by atoms with E-state index in [9.17, 15) is 24.3 Å². The first-order chi connectivity index (χ1) is 8.66. The van der Waals surface area contributed by atoms with Crippen LogP contribution in [0.1, 0.15) is 19.8 Å². The largest absolute Gasteiger partial charge is 0.481 e. The Labute approximate surface area is 107 Å². The van der Waals surface area contributed by atoms with Crippen molar-refractivity contribution in [1.29, 1.82) is 0 Å². The Morgan fingerprint density at radius 3 is 1.95 bits per heavy atom. The molecule has 9 nitrogen and oxygen atoms in total. The zero-order chi connectivity index (χ0) is 15.2. The van der Waals surface area contributed by atoms with E-state index in [0.29, 0.717) is 0 Å². The van der Waals surface area contributed by atoms with Crippen molar-refractivity contribution in [3.63, 3.8) is 0 Å². The Hall–Kier alpha value is -2.16. The fourth-order valence-corrected chi connectivity index (χ4v) is 1.04. The van der Waals surface area contributed by atoms with Gasteiger partial charge >= 0.3 is 23.9 Å². The minimum Gasteiger partial charge on any atom is -0.481 e. The third kappa shape index (κ3) is 5.82. The van der Waals surface area contributed by atoms with Gasteiger partial charge in [-0.25, -0.2) is 9.59 Å². The molecule has 0 rings (SSSR count). The van der Waals surface area contributed by atoms with E-state index in [0.717, 1.165) is 6.92 Å². The van der Waals surface area contributed by atoms with Gasteiger partial charge in [0.2, 0.25) is 0 Å². The second-order valence-electron chi connectivity index (χ2n) is 3.77. The van der Waals surface area contributed by atoms with Gasteiger partial charge in [0.1, 0.15) is 0 Å². The molecular formula is C10H14O9. The van der Waals surface area contributed by atoms with Gasteiger partial charge in [-0.2, -0.15) is 0 Å². The van der Waals surface area contributed by atoms with Crippen LogP contribution in [0.4, 0.5) is 0 Å². The molecule has 3 atom stereocenters. The third-order valence-electron chi connectivity index (χ3n) is 2.26. The van der Waals surface area contributed by atoms with Crippen molar-refractivity contribution in [2.75, 3.05) is 0 Å². The molecule has 0 aromatic heterocycles. The number of esters is 1. The molecule has 0 fully saturated rings. The molecule has 0 aromatic carbocycles. The number of carbonyl (C=O) groups is 4. The van der Waals surface area contributed by atoms with Gasteiger partial charge in [-0.3, -0.25) is 9.59 Å². The number of carboxylic acid groups (broad SMARTS) is 3. The lowest BCUT2D eigenvalue weighted by Gasteiger charge is -2.17. The standard InChI is InChI=1S/C10H14O9/c1-4(8(14)15)7(13)10(18)19-5(9(16)17)2-3-6(11)12/h4-5,7,13H,2-3H2,1H3,(H,11,12)(H,14,15)(H,16,17). The molecule has 19 heavy (non-hydrogen) atoms. The number of carbonyl (C=O) groups excluding carboxylic acids is 1. The van der Waals surface area contributed by atoms with Crippen LogP contribution in [0.25, 0.3) is 0 Å². The van der Waals surface area contributed by atoms with E-state index in [1.807, 2.05) is 0 Å². The summed E-state index contributed by atoms with van der Waals surface area (Å²) in [5.74, 6) is -7.21. The molecule has 0 saturated heterocycles. The first kappa shape index (κ1) is 16.8. The summed E-state index contributed by atoms with van der Waals surface area (Å²) >= 11 is 0. The second-order valence-corrected chi connectivity index (χ2v) is 3.77. The zero-order valence-corrected chi connectivity index (χ0v) is 9.98. The van der Waals surface area contributed by atoms with Gasteiger partial charge < -0.3 is 25.2 Å². The normalized spacial score (nSPS) is 15.1. The smallest absolute Gasteiger partial charge is 0.345 e. The highest BCUT2D eigenvalue weighted by atomic mass is 16.6. The number of hydrogen-bond donors (Lipinski definition) is 4. The van der Waals surface area contributed by atoms with Crippen LogP contribution in [0.5, 0.6) is 0 Å². The molecule has 0 spiro atoms. The molecule has 0 heterocycles. The maximum absolute atomic E-state index is 11.3. The van der Waals surface area contributed by atoms with Gasteiger partial charge in [0.15, 0.2) is 12.2 Å². The molecule has 0 saturated carbocycles. The van der Waals surface area contributed by atoms with Crippen LogP contribution in [-0.2, 0) is 23.9 Å². The van der Waals surface area contributed by atoms with Crippen LogP contribution >= 0.6 is 0 Å². The summed E-state index contributed by atoms with van der Waals surface area (Å²) in [5, 5.41) is 34.9. The van der Waals surface area contributed by atoms with E-state index in [2.05, 4.69) is 4.74 Å². The summed E-state index contributed by atoms with van der Waals surface area (Å²) < 4.78 is 4.38. The van der Waals surface area contributed by atoms with Crippen LogP contribution in [0.3, 0.4) is 0 Å². The minimum atomic E-state index is -2.02. The highest BCUT2D eigenvalue weighted by molar-refractivity contribution is 5.85. The topological polar surface area (TPSA) is 158 Å². The number of aliphatic hydroxyl groups is 1. The number of aliphatic carboxylic acids is 3. The van der Waals surface area contributed by atoms with E-state index in [1.165, 1.54) is 0 Å². The monoisotopic (exact) mass is 278 g/mol. The number of hydrogen-bond acceptors (Lipinski definition) is 6. The molecule has 108 valence electrons. The first-order valence-corrected chi connectivity index (χ1v) is 5.22. The predicted octanol–water partition coefficient (Wildman–Crippen LogP) is -1.07. The Morgan fingerprint density at radius 1 is 1.05 bits per heavy atom. The maximum Gasteiger partial charge on any atom is 0.345 e. The van der Waals surface area contributed by atoms with Crippen LogP contribution in [0.15, 0.2) is 0 Å². The van der Waals surface area contributed by atoms with Crippen LogP contribution in [0, 0.1) is 5.92 Å². The number of rotatable bonds is 8. The molecule has 0 aliphatic rings. The van der Waals surface area contributed by atoms with Crippen molar-refractivity contribution in [2.45, 2.75) is 32.0 Å². The van der Waals surface area contributed by atoms with Crippen LogP contribution in [0.2, 0.25) is 0 Å². The Morgan fingerprint density at radius 2 is 1.58 bits per heavy atom. The molecule has 0 aliphatic heterocycles. The highest BCUT2D eigenvalue weighted by Crippen LogP contribution is 2.10. The number of carboxylic acids is 3. The Kier molecular flexibility index (Phi) is 6.48. The van der Waals surface area contributed by atoms with E-state index >= 15 is 0 Å². The van der Waals surface area contributed by atoms with Crippen molar-refractivity contribution in [2.24, 2.45) is 5.92 Å². The van der Waals surface area contributed by atoms with E-state index in [1.54, 1.807) is 0 Å². The van der Waals surface area contributed by atoms with Gasteiger partial charge in [-0.15, -0.1) is 0 Å². The average Bonchev–Trinajstić information content (AvgIpc) is 2.31. The SMILES string of the molecule is CC(C(=O)O)C(O)C(=O)OC(CCC(=O)O)C(=O)O. The Bertz CT molecular complexity index is 375. The number of ether oxygens (including phenoxy) is 1. The van der Waals surface area contributed by atoms with Crippen molar-refractivity contribution in [1.82, 2.24) is 0 Å². The molecule has 0 aromatic rings. The van der Waals surface area contributed by atoms with Crippen molar-refractivity contribution >= 4 is 23.9 Å². The number of aliphatic hydroxyl groups excluding tert-OH is 1. The summed E-state index contributed by atoms with van der Waals surface area (Å²) in [6, 6.07) is 0. The predicted molar refractivity (Wildman–Crippen MR) is 57.2 cm³/mol. The van der Waals surface area contributed by atoms with Crippen molar-refractivity contribution < 1.29 is 44.3 Å². The zero-order valence-electron chi connectivity index (χ0n) is 9.98.